The van der Waals surface area contributed by atoms with Crippen LogP contribution in [0.4, 0.5) is 0 Å². The van der Waals surface area contributed by atoms with E-state index in [1.54, 1.807) is 28.4 Å². The predicted molar refractivity (Wildman–Crippen MR) is 80.5 cm³/mol. The van der Waals surface area contributed by atoms with Gasteiger partial charge in [0.25, 0.3) is 0 Å². The Labute approximate surface area is 129 Å². The third-order valence-electron chi connectivity index (χ3n) is 4.09. The number of rotatable bonds is 3. The van der Waals surface area contributed by atoms with Crippen molar-refractivity contribution in [1.29, 1.82) is 0 Å². The van der Waals surface area contributed by atoms with E-state index in [4.69, 9.17) is 0 Å². The minimum Gasteiger partial charge on any atom is -0.481 e. The minimum absolute atomic E-state index is 0.0641. The molecular formula is C14H14BrNO3S. The third-order valence-corrected chi connectivity index (χ3v) is 5.68. The van der Waals surface area contributed by atoms with Crippen LogP contribution >= 0.6 is 27.3 Å². The van der Waals surface area contributed by atoms with E-state index in [2.05, 4.69) is 15.9 Å². The van der Waals surface area contributed by atoms with Crippen LogP contribution in [0.3, 0.4) is 0 Å². The molecule has 1 aromatic heterocycles. The number of amides is 1. The molecule has 0 saturated carbocycles. The molecule has 3 atom stereocenters. The molecule has 1 N–H and O–H groups in total. The van der Waals surface area contributed by atoms with Gasteiger partial charge in [-0.15, -0.1) is 11.3 Å². The summed E-state index contributed by atoms with van der Waals surface area (Å²) >= 11 is 4.94. The van der Waals surface area contributed by atoms with Crippen LogP contribution in [0.5, 0.6) is 0 Å². The Balaban J connectivity index is 1.72. The number of nitrogens with zero attached hydrogens (tertiary/aromatic N) is 1. The number of carbonyl (C=O) groups is 2. The van der Waals surface area contributed by atoms with E-state index in [1.165, 1.54) is 0 Å². The number of thiophene rings is 1. The normalized spacial score (nSPS) is 28.4. The van der Waals surface area contributed by atoms with Gasteiger partial charge in [0, 0.05) is 23.0 Å². The number of carboxylic acid groups (broad SMARTS) is 1. The molecule has 0 spiro atoms. The highest BCUT2D eigenvalue weighted by atomic mass is 79.9. The first kappa shape index (κ1) is 13.8. The van der Waals surface area contributed by atoms with Gasteiger partial charge in [0.2, 0.25) is 5.91 Å². The maximum Gasteiger partial charge on any atom is 0.308 e. The topological polar surface area (TPSA) is 57.6 Å². The van der Waals surface area contributed by atoms with Crippen molar-refractivity contribution in [2.75, 3.05) is 0 Å². The van der Waals surface area contributed by atoms with Crippen LogP contribution in [0, 0.1) is 5.92 Å². The van der Waals surface area contributed by atoms with Crippen LogP contribution in [0.15, 0.2) is 22.0 Å². The molecule has 1 amide bonds. The van der Waals surface area contributed by atoms with Gasteiger partial charge >= 0.3 is 5.97 Å². The highest BCUT2D eigenvalue weighted by molar-refractivity contribution is 9.11. The van der Waals surface area contributed by atoms with E-state index in [0.717, 1.165) is 21.5 Å². The molecule has 3 unspecified atom stereocenters. The zero-order chi connectivity index (χ0) is 14.3. The van der Waals surface area contributed by atoms with Crippen molar-refractivity contribution >= 4 is 45.2 Å². The fourth-order valence-electron chi connectivity index (χ4n) is 3.25. The number of carbonyl (C=O) groups excluding carboxylic acids is 1. The van der Waals surface area contributed by atoms with E-state index < -0.39 is 5.97 Å². The lowest BCUT2D eigenvalue weighted by Gasteiger charge is -2.21. The van der Waals surface area contributed by atoms with Crippen LogP contribution in [-0.2, 0) is 9.59 Å². The zero-order valence-corrected chi connectivity index (χ0v) is 13.1. The van der Waals surface area contributed by atoms with Crippen LogP contribution in [0.2, 0.25) is 0 Å². The molecule has 106 valence electrons. The van der Waals surface area contributed by atoms with E-state index in [1.807, 2.05) is 12.1 Å². The van der Waals surface area contributed by atoms with Crippen molar-refractivity contribution in [1.82, 2.24) is 4.90 Å². The van der Waals surface area contributed by atoms with E-state index >= 15 is 0 Å². The zero-order valence-electron chi connectivity index (χ0n) is 10.7. The standard InChI is InChI=1S/C14H14BrNO3S/c15-12-5-2-9(20-12)3-6-13(17)16-8-1-4-11(16)10(7-8)14(18)19/h2-3,5-6,8,10-11H,1,4,7H2,(H,18,19). The minimum atomic E-state index is -0.777. The van der Waals surface area contributed by atoms with E-state index in [9.17, 15) is 14.7 Å². The molecule has 3 rings (SSSR count). The molecule has 0 aromatic carbocycles. The van der Waals surface area contributed by atoms with Gasteiger partial charge in [0.1, 0.15) is 0 Å². The van der Waals surface area contributed by atoms with Crippen molar-refractivity contribution in [2.45, 2.75) is 31.3 Å². The van der Waals surface area contributed by atoms with Crippen molar-refractivity contribution in [3.8, 4) is 0 Å². The smallest absolute Gasteiger partial charge is 0.308 e. The SMILES string of the molecule is O=C(O)C1CC2CCC1N2C(=O)C=Cc1ccc(Br)s1. The highest BCUT2D eigenvalue weighted by Gasteiger charge is 2.50. The lowest BCUT2D eigenvalue weighted by molar-refractivity contribution is -0.143. The molecule has 20 heavy (non-hydrogen) atoms. The molecule has 0 radical (unpaired) electrons. The molecule has 0 aliphatic carbocycles. The summed E-state index contributed by atoms with van der Waals surface area (Å²) in [5.41, 5.74) is 0. The third kappa shape index (κ3) is 2.42. The first-order valence-corrected chi connectivity index (χ1v) is 8.15. The van der Waals surface area contributed by atoms with Crippen molar-refractivity contribution in [3.63, 3.8) is 0 Å². The van der Waals surface area contributed by atoms with Gasteiger partial charge in [-0.3, -0.25) is 9.59 Å². The van der Waals surface area contributed by atoms with Gasteiger partial charge in [0.05, 0.1) is 9.70 Å². The number of fused-ring (bicyclic) bond motifs is 2. The first-order chi connectivity index (χ1) is 9.56. The lowest BCUT2D eigenvalue weighted by atomic mass is 9.89. The maximum absolute atomic E-state index is 12.3. The number of hydrogen-bond acceptors (Lipinski definition) is 3. The van der Waals surface area contributed by atoms with Crippen LogP contribution in [-0.4, -0.2) is 34.0 Å². The Morgan fingerprint density at radius 2 is 2.20 bits per heavy atom. The Hall–Kier alpha value is -1.14. The second-order valence-corrected chi connectivity index (χ2v) is 7.69. The Bertz CT molecular complexity index is 583. The number of halogens is 1. The van der Waals surface area contributed by atoms with Gasteiger partial charge in [-0.1, -0.05) is 0 Å². The average molecular weight is 356 g/mol. The molecular weight excluding hydrogens is 342 g/mol. The molecule has 2 aliphatic rings. The van der Waals surface area contributed by atoms with Gasteiger partial charge in [-0.2, -0.15) is 0 Å². The molecule has 2 aliphatic heterocycles. The molecule has 1 aromatic rings. The van der Waals surface area contributed by atoms with Crippen LogP contribution < -0.4 is 0 Å². The number of hydrogen-bond donors (Lipinski definition) is 1. The summed E-state index contributed by atoms with van der Waals surface area (Å²) in [7, 11) is 0. The van der Waals surface area contributed by atoms with Gasteiger partial charge < -0.3 is 10.0 Å². The van der Waals surface area contributed by atoms with Crippen molar-refractivity contribution in [3.05, 3.63) is 26.9 Å². The van der Waals surface area contributed by atoms with Crippen molar-refractivity contribution in [2.24, 2.45) is 5.92 Å². The Kier molecular flexibility index (Phi) is 3.69. The molecule has 3 heterocycles. The average Bonchev–Trinajstić information content (AvgIpc) is 3.09. The summed E-state index contributed by atoms with van der Waals surface area (Å²) in [6.45, 7) is 0. The second-order valence-electron chi connectivity index (χ2n) is 5.20. The summed E-state index contributed by atoms with van der Waals surface area (Å²) < 4.78 is 1.02. The van der Waals surface area contributed by atoms with E-state index in [0.29, 0.717) is 6.42 Å². The summed E-state index contributed by atoms with van der Waals surface area (Å²) in [5.74, 6) is -1.23. The maximum atomic E-state index is 12.3. The molecule has 6 heteroatoms. The summed E-state index contributed by atoms with van der Waals surface area (Å²) in [6, 6.07) is 3.87. The largest absolute Gasteiger partial charge is 0.481 e. The first-order valence-electron chi connectivity index (χ1n) is 6.55. The Morgan fingerprint density at radius 3 is 2.80 bits per heavy atom. The van der Waals surface area contributed by atoms with Gasteiger partial charge in [-0.05, 0) is 53.4 Å². The quantitative estimate of drug-likeness (QED) is 0.848. The van der Waals surface area contributed by atoms with Crippen LogP contribution in [0.25, 0.3) is 6.08 Å². The number of carboxylic acids is 1. The van der Waals surface area contributed by atoms with Crippen LogP contribution in [0.1, 0.15) is 24.1 Å². The lowest BCUT2D eigenvalue weighted by Crippen LogP contribution is -2.36. The van der Waals surface area contributed by atoms with Gasteiger partial charge in [0.15, 0.2) is 0 Å². The van der Waals surface area contributed by atoms with Crippen molar-refractivity contribution < 1.29 is 14.7 Å². The predicted octanol–water partition coefficient (Wildman–Crippen LogP) is 2.99. The monoisotopic (exact) mass is 355 g/mol. The fraction of sp³-hybridized carbons (Fsp3) is 0.429. The second kappa shape index (κ2) is 5.33. The molecule has 2 fully saturated rings. The number of aliphatic carboxylic acids is 1. The molecule has 4 nitrogen and oxygen atoms in total. The highest BCUT2D eigenvalue weighted by Crippen LogP contribution is 2.42. The summed E-state index contributed by atoms with van der Waals surface area (Å²) in [4.78, 5) is 26.3. The summed E-state index contributed by atoms with van der Waals surface area (Å²) in [5, 5.41) is 9.19. The fourth-order valence-corrected chi connectivity index (χ4v) is 4.58. The molecule has 2 bridgehead atoms. The molecule has 2 saturated heterocycles. The Morgan fingerprint density at radius 1 is 1.40 bits per heavy atom. The van der Waals surface area contributed by atoms with Gasteiger partial charge in [-0.25, -0.2) is 0 Å². The summed E-state index contributed by atoms with van der Waals surface area (Å²) in [6.07, 6.45) is 5.70. The van der Waals surface area contributed by atoms with E-state index in [-0.39, 0.29) is 23.9 Å².